The van der Waals surface area contributed by atoms with Crippen molar-refractivity contribution in [1.29, 1.82) is 5.26 Å². The van der Waals surface area contributed by atoms with Gasteiger partial charge in [-0.25, -0.2) is 9.37 Å². The number of nitriles is 1. The van der Waals surface area contributed by atoms with Gasteiger partial charge in [-0.15, -0.1) is 0 Å². The molecule has 0 aliphatic carbocycles. The van der Waals surface area contributed by atoms with Crippen molar-refractivity contribution in [2.75, 3.05) is 26.2 Å². The normalized spacial score (nSPS) is 13.7. The second-order valence-electron chi connectivity index (χ2n) is 8.50. The molecule has 4 nitrogen and oxygen atoms in total. The summed E-state index contributed by atoms with van der Waals surface area (Å²) in [6.45, 7) is 14.6. The van der Waals surface area contributed by atoms with Crippen LogP contribution in [0.5, 0.6) is 0 Å². The maximum atomic E-state index is 14.1. The van der Waals surface area contributed by atoms with Gasteiger partial charge in [-0.3, -0.25) is 0 Å². The van der Waals surface area contributed by atoms with Crippen LogP contribution in [0.15, 0.2) is 67.4 Å². The van der Waals surface area contributed by atoms with E-state index in [2.05, 4.69) is 42.0 Å². The van der Waals surface area contributed by atoms with E-state index in [1.54, 1.807) is 6.07 Å². The zero-order chi connectivity index (χ0) is 23.4. The fourth-order valence-electron chi connectivity index (χ4n) is 4.24. The highest BCUT2D eigenvalue weighted by molar-refractivity contribution is 5.85. The lowest BCUT2D eigenvalue weighted by Gasteiger charge is -2.39. The third kappa shape index (κ3) is 4.90. The minimum atomic E-state index is -0.532. The Hall–Kier alpha value is -3.65. The van der Waals surface area contributed by atoms with E-state index in [0.717, 1.165) is 54.8 Å². The van der Waals surface area contributed by atoms with Gasteiger partial charge in [-0.2, -0.15) is 5.26 Å². The summed E-state index contributed by atoms with van der Waals surface area (Å²) in [7, 11) is 0. The first-order chi connectivity index (χ1) is 16.0. The lowest BCUT2D eigenvalue weighted by atomic mass is 10.0. The smallest absolute Gasteiger partial charge is 0.141 e. The van der Waals surface area contributed by atoms with Gasteiger partial charge in [-0.1, -0.05) is 50.8 Å². The van der Waals surface area contributed by atoms with Crippen LogP contribution in [0, 0.1) is 17.1 Å². The minimum absolute atomic E-state index is 0.0344. The van der Waals surface area contributed by atoms with Crippen LogP contribution < -0.4 is 0 Å². The van der Waals surface area contributed by atoms with E-state index in [-0.39, 0.29) is 5.56 Å². The average Bonchev–Trinajstić information content (AvgIpc) is 2.86. The van der Waals surface area contributed by atoms with E-state index >= 15 is 0 Å². The van der Waals surface area contributed by atoms with Gasteiger partial charge in [0.15, 0.2) is 0 Å². The van der Waals surface area contributed by atoms with Crippen LogP contribution >= 0.6 is 0 Å². The number of hydrogen-bond donors (Lipinski definition) is 0. The van der Waals surface area contributed by atoms with Gasteiger partial charge >= 0.3 is 0 Å². The monoisotopic (exact) mass is 440 g/mol. The Kier molecular flexibility index (Phi) is 6.74. The van der Waals surface area contributed by atoms with Crippen molar-refractivity contribution in [3.8, 4) is 17.3 Å². The molecule has 2 heterocycles. The molecule has 2 aromatic carbocycles. The quantitative estimate of drug-likeness (QED) is 0.438. The van der Waals surface area contributed by atoms with Crippen LogP contribution in [0.4, 0.5) is 4.39 Å². The topological polar surface area (TPSA) is 43.2 Å². The summed E-state index contributed by atoms with van der Waals surface area (Å²) in [5, 5.41) is 9.98. The van der Waals surface area contributed by atoms with Gasteiger partial charge in [0.25, 0.3) is 0 Å². The molecule has 0 radical (unpaired) electrons. The number of unbranched alkanes of at least 4 members (excludes halogenated alkanes) is 1. The number of aromatic nitrogens is 1. The Labute approximate surface area is 195 Å². The summed E-state index contributed by atoms with van der Waals surface area (Å²) in [5.74, 6) is -0.532. The Morgan fingerprint density at radius 1 is 1.03 bits per heavy atom. The number of rotatable bonds is 7. The van der Waals surface area contributed by atoms with E-state index in [4.69, 9.17) is 10.2 Å². The number of pyridine rings is 1. The van der Waals surface area contributed by atoms with Crippen molar-refractivity contribution in [3.63, 3.8) is 0 Å². The summed E-state index contributed by atoms with van der Waals surface area (Å²) < 4.78 is 14.1. The molecule has 1 fully saturated rings. The fourth-order valence-corrected chi connectivity index (χ4v) is 4.24. The molecular weight excluding hydrogens is 411 g/mol. The van der Waals surface area contributed by atoms with Crippen molar-refractivity contribution in [3.05, 3.63) is 84.3 Å². The van der Waals surface area contributed by atoms with Crippen LogP contribution in [-0.2, 0) is 0 Å². The third-order valence-corrected chi connectivity index (χ3v) is 6.34. The molecule has 0 saturated carbocycles. The molecule has 0 bridgehead atoms. The second kappa shape index (κ2) is 9.87. The van der Waals surface area contributed by atoms with Crippen LogP contribution in [-0.4, -0.2) is 41.0 Å². The minimum Gasteiger partial charge on any atom is -0.372 e. The van der Waals surface area contributed by atoms with Gasteiger partial charge in [0.1, 0.15) is 11.9 Å². The van der Waals surface area contributed by atoms with Gasteiger partial charge < -0.3 is 9.80 Å². The molecule has 0 atom stereocenters. The second-order valence-corrected chi connectivity index (χ2v) is 8.50. The predicted octanol–water partition coefficient (Wildman–Crippen LogP) is 6.20. The van der Waals surface area contributed by atoms with Crippen molar-refractivity contribution >= 4 is 16.6 Å². The molecule has 1 aromatic heterocycles. The largest absolute Gasteiger partial charge is 0.372 e. The van der Waals surface area contributed by atoms with E-state index < -0.39 is 5.82 Å². The molecule has 168 valence electrons. The highest BCUT2D eigenvalue weighted by Crippen LogP contribution is 2.27. The number of halogens is 1. The molecule has 5 heteroatoms. The molecule has 0 unspecified atom stereocenters. The number of benzene rings is 2. The summed E-state index contributed by atoms with van der Waals surface area (Å²) in [6, 6.07) is 16.5. The summed E-state index contributed by atoms with van der Waals surface area (Å²) >= 11 is 0. The first-order valence-electron chi connectivity index (χ1n) is 11.5. The van der Waals surface area contributed by atoms with E-state index in [0.29, 0.717) is 11.3 Å². The molecule has 1 aliphatic rings. The maximum absolute atomic E-state index is 14.1. The van der Waals surface area contributed by atoms with Crippen LogP contribution in [0.3, 0.4) is 0 Å². The van der Waals surface area contributed by atoms with Crippen LogP contribution in [0.1, 0.15) is 37.3 Å². The molecule has 0 N–H and O–H groups in total. The Morgan fingerprint density at radius 3 is 2.45 bits per heavy atom. The van der Waals surface area contributed by atoms with Crippen molar-refractivity contribution < 1.29 is 4.39 Å². The van der Waals surface area contributed by atoms with E-state index in [1.807, 2.05) is 24.3 Å². The number of allylic oxidation sites excluding steroid dienone is 1. The standard InChI is InChI=1S/C28H29FN4/c1-4-5-6-20(2)32-13-15-33(16-14-32)21(3)23-8-7-22-11-12-27(31-28(22)18-23)24-9-10-25(19-30)26(29)17-24/h7-12,17-18H,2-6,13-16H2,1H3. The Bertz CT molecular complexity index is 1230. The number of hydrogen-bond acceptors (Lipinski definition) is 4. The average molecular weight is 441 g/mol. The summed E-state index contributed by atoms with van der Waals surface area (Å²) in [5.41, 5.74) is 5.46. The molecule has 1 saturated heterocycles. The highest BCUT2D eigenvalue weighted by atomic mass is 19.1. The van der Waals surface area contributed by atoms with E-state index in [9.17, 15) is 4.39 Å². The molecule has 0 amide bonds. The third-order valence-electron chi connectivity index (χ3n) is 6.34. The molecular formula is C28H29FN4. The number of fused-ring (bicyclic) bond motifs is 1. The lowest BCUT2D eigenvalue weighted by molar-refractivity contribution is 0.209. The van der Waals surface area contributed by atoms with Gasteiger partial charge in [0.2, 0.25) is 0 Å². The highest BCUT2D eigenvalue weighted by Gasteiger charge is 2.19. The molecule has 33 heavy (non-hydrogen) atoms. The number of piperazine rings is 1. The summed E-state index contributed by atoms with van der Waals surface area (Å²) in [4.78, 5) is 9.48. The first-order valence-corrected chi connectivity index (χ1v) is 11.5. The van der Waals surface area contributed by atoms with Gasteiger partial charge in [0.05, 0.1) is 16.8 Å². The van der Waals surface area contributed by atoms with Crippen molar-refractivity contribution in [2.45, 2.75) is 26.2 Å². The Morgan fingerprint density at radius 2 is 1.76 bits per heavy atom. The predicted molar refractivity (Wildman–Crippen MR) is 133 cm³/mol. The maximum Gasteiger partial charge on any atom is 0.141 e. The fraction of sp³-hybridized carbons (Fsp3) is 0.286. The summed E-state index contributed by atoms with van der Waals surface area (Å²) in [6.07, 6.45) is 3.44. The molecule has 3 aromatic rings. The molecule has 1 aliphatic heterocycles. The molecule has 0 spiro atoms. The SMILES string of the molecule is C=C(CCCC)N1CCN(C(=C)c2ccc3ccc(-c4ccc(C#N)c(F)c4)nc3c2)CC1. The van der Waals surface area contributed by atoms with Crippen LogP contribution in [0.25, 0.3) is 27.9 Å². The molecule has 4 rings (SSSR count). The lowest BCUT2D eigenvalue weighted by Crippen LogP contribution is -2.44. The van der Waals surface area contributed by atoms with Gasteiger partial charge in [0, 0.05) is 48.5 Å². The van der Waals surface area contributed by atoms with Crippen molar-refractivity contribution in [1.82, 2.24) is 14.8 Å². The first kappa shape index (κ1) is 22.5. The number of nitrogens with zero attached hydrogens (tertiary/aromatic N) is 4. The van der Waals surface area contributed by atoms with Gasteiger partial charge in [-0.05, 0) is 42.7 Å². The zero-order valence-electron chi connectivity index (χ0n) is 19.1. The zero-order valence-corrected chi connectivity index (χ0v) is 19.1. The van der Waals surface area contributed by atoms with Crippen molar-refractivity contribution in [2.24, 2.45) is 0 Å². The van der Waals surface area contributed by atoms with E-state index in [1.165, 1.54) is 30.7 Å². The van der Waals surface area contributed by atoms with Crippen LogP contribution in [0.2, 0.25) is 0 Å². The Balaban J connectivity index is 1.51.